The number of carbonyl (C=O) groups excluding carboxylic acids is 1. The fraction of sp³-hybridized carbons (Fsp3) is 0.417. The summed E-state index contributed by atoms with van der Waals surface area (Å²) in [5.41, 5.74) is 0. The van der Waals surface area contributed by atoms with E-state index in [1.54, 1.807) is 4.90 Å². The lowest BCUT2D eigenvalue weighted by molar-refractivity contribution is -0.128. The number of halogens is 2. The average Bonchev–Trinajstić information content (AvgIpc) is 2.40. The van der Waals surface area contributed by atoms with E-state index in [4.69, 9.17) is 0 Å². The highest BCUT2D eigenvalue weighted by molar-refractivity contribution is 8.00. The first kappa shape index (κ1) is 13.3. The van der Waals surface area contributed by atoms with Gasteiger partial charge in [-0.15, -0.1) is 11.8 Å². The second-order valence-corrected chi connectivity index (χ2v) is 5.01. The Labute approximate surface area is 109 Å². The van der Waals surface area contributed by atoms with Gasteiger partial charge in [-0.05, 0) is 18.2 Å². The van der Waals surface area contributed by atoms with Gasteiger partial charge in [-0.1, -0.05) is 0 Å². The summed E-state index contributed by atoms with van der Waals surface area (Å²) in [6, 6.07) is 3.26. The van der Waals surface area contributed by atoms with Gasteiger partial charge in [0.2, 0.25) is 5.91 Å². The minimum Gasteiger partial charge on any atom is -0.339 e. The third-order valence-electron chi connectivity index (χ3n) is 2.71. The second-order valence-electron chi connectivity index (χ2n) is 3.99. The molecule has 0 unspecified atom stereocenters. The number of rotatable bonds is 3. The first-order valence-electron chi connectivity index (χ1n) is 5.73. The molecule has 2 rings (SSSR count). The van der Waals surface area contributed by atoms with Crippen LogP contribution in [0.15, 0.2) is 23.1 Å². The Hall–Kier alpha value is -1.14. The summed E-state index contributed by atoms with van der Waals surface area (Å²) in [7, 11) is 0. The summed E-state index contributed by atoms with van der Waals surface area (Å²) >= 11 is 1.04. The minimum absolute atomic E-state index is 0.0369. The first-order chi connectivity index (χ1) is 8.66. The molecule has 6 heteroatoms. The van der Waals surface area contributed by atoms with E-state index >= 15 is 0 Å². The number of thioether (sulfide) groups is 1. The van der Waals surface area contributed by atoms with Crippen molar-refractivity contribution in [2.75, 3.05) is 31.9 Å². The van der Waals surface area contributed by atoms with E-state index in [0.717, 1.165) is 43.1 Å². The maximum absolute atomic E-state index is 13.3. The molecule has 0 atom stereocenters. The molecule has 1 aliphatic rings. The monoisotopic (exact) mass is 272 g/mol. The van der Waals surface area contributed by atoms with E-state index in [0.29, 0.717) is 13.1 Å². The molecule has 1 saturated heterocycles. The van der Waals surface area contributed by atoms with Crippen LogP contribution in [0.2, 0.25) is 0 Å². The zero-order valence-electron chi connectivity index (χ0n) is 9.79. The third kappa shape index (κ3) is 3.43. The Bertz CT molecular complexity index is 436. The number of hydrogen-bond acceptors (Lipinski definition) is 3. The predicted octanol–water partition coefficient (Wildman–Crippen LogP) is 1.49. The molecule has 1 aromatic rings. The fourth-order valence-electron chi connectivity index (χ4n) is 1.73. The molecule has 0 radical (unpaired) electrons. The molecule has 18 heavy (non-hydrogen) atoms. The van der Waals surface area contributed by atoms with Crippen LogP contribution >= 0.6 is 11.8 Å². The molecule has 1 amide bonds. The zero-order chi connectivity index (χ0) is 13.0. The first-order valence-corrected chi connectivity index (χ1v) is 6.72. The third-order valence-corrected chi connectivity index (χ3v) is 3.73. The fourth-order valence-corrected chi connectivity index (χ4v) is 2.60. The highest BCUT2D eigenvalue weighted by Gasteiger charge is 2.16. The van der Waals surface area contributed by atoms with Gasteiger partial charge in [0, 0.05) is 31.1 Å². The molecular weight excluding hydrogens is 258 g/mol. The minimum atomic E-state index is -0.492. The van der Waals surface area contributed by atoms with Crippen LogP contribution in [0.5, 0.6) is 0 Å². The van der Waals surface area contributed by atoms with E-state index in [9.17, 15) is 13.6 Å². The maximum atomic E-state index is 13.3. The number of nitrogens with one attached hydrogen (secondary N) is 1. The Balaban J connectivity index is 1.90. The van der Waals surface area contributed by atoms with Crippen LogP contribution in [0, 0.1) is 11.6 Å². The van der Waals surface area contributed by atoms with E-state index in [2.05, 4.69) is 5.32 Å². The van der Waals surface area contributed by atoms with Crippen LogP contribution in [-0.2, 0) is 4.79 Å². The summed E-state index contributed by atoms with van der Waals surface area (Å²) in [6.07, 6.45) is 0. The van der Waals surface area contributed by atoms with E-state index in [1.807, 2.05) is 0 Å². The number of carbonyl (C=O) groups is 1. The molecule has 1 N–H and O–H groups in total. The molecule has 1 aromatic carbocycles. The molecule has 0 bridgehead atoms. The molecule has 1 aliphatic heterocycles. The Kier molecular flexibility index (Phi) is 4.54. The maximum Gasteiger partial charge on any atom is 0.233 e. The molecule has 98 valence electrons. The van der Waals surface area contributed by atoms with Crippen LogP contribution in [0.25, 0.3) is 0 Å². The average molecular weight is 272 g/mol. The number of benzene rings is 1. The molecule has 1 fully saturated rings. The number of hydrogen-bond donors (Lipinski definition) is 1. The van der Waals surface area contributed by atoms with Crippen LogP contribution in [-0.4, -0.2) is 42.7 Å². The van der Waals surface area contributed by atoms with Crippen LogP contribution in [0.3, 0.4) is 0 Å². The lowest BCUT2D eigenvalue weighted by Gasteiger charge is -2.27. The summed E-state index contributed by atoms with van der Waals surface area (Å²) in [5.74, 6) is -0.881. The van der Waals surface area contributed by atoms with Crippen molar-refractivity contribution in [1.29, 1.82) is 0 Å². The van der Waals surface area contributed by atoms with E-state index in [1.165, 1.54) is 0 Å². The predicted molar refractivity (Wildman–Crippen MR) is 66.5 cm³/mol. The standard InChI is InChI=1S/C12H14F2N2OS/c13-9-1-2-10(14)11(7-9)18-8-12(17)16-5-3-15-4-6-16/h1-2,7,15H,3-6,8H2. The lowest BCUT2D eigenvalue weighted by Crippen LogP contribution is -2.47. The smallest absolute Gasteiger partial charge is 0.233 e. The SMILES string of the molecule is O=C(CSc1cc(F)ccc1F)N1CCNCC1. The second kappa shape index (κ2) is 6.15. The van der Waals surface area contributed by atoms with Crippen molar-refractivity contribution in [1.82, 2.24) is 10.2 Å². The summed E-state index contributed by atoms with van der Waals surface area (Å²) < 4.78 is 26.3. The van der Waals surface area contributed by atoms with Crippen molar-refractivity contribution in [3.05, 3.63) is 29.8 Å². The Morgan fingerprint density at radius 2 is 2.06 bits per heavy atom. The molecule has 3 nitrogen and oxygen atoms in total. The Morgan fingerprint density at radius 3 is 2.78 bits per heavy atom. The highest BCUT2D eigenvalue weighted by Crippen LogP contribution is 2.22. The van der Waals surface area contributed by atoms with Crippen LogP contribution in [0.4, 0.5) is 8.78 Å². The quantitative estimate of drug-likeness (QED) is 0.846. The molecule has 0 aromatic heterocycles. The van der Waals surface area contributed by atoms with Gasteiger partial charge in [0.05, 0.1) is 5.75 Å². The van der Waals surface area contributed by atoms with E-state index < -0.39 is 11.6 Å². The summed E-state index contributed by atoms with van der Waals surface area (Å²) in [5, 5.41) is 3.15. The van der Waals surface area contributed by atoms with Crippen molar-refractivity contribution in [2.24, 2.45) is 0 Å². The van der Waals surface area contributed by atoms with Crippen molar-refractivity contribution < 1.29 is 13.6 Å². The van der Waals surface area contributed by atoms with Gasteiger partial charge in [0.15, 0.2) is 0 Å². The van der Waals surface area contributed by atoms with Crippen molar-refractivity contribution in [3.8, 4) is 0 Å². The summed E-state index contributed by atoms with van der Waals surface area (Å²) in [6.45, 7) is 2.91. The largest absolute Gasteiger partial charge is 0.339 e. The lowest BCUT2D eigenvalue weighted by atomic mass is 10.3. The van der Waals surface area contributed by atoms with Gasteiger partial charge < -0.3 is 10.2 Å². The van der Waals surface area contributed by atoms with Gasteiger partial charge in [-0.25, -0.2) is 8.78 Å². The molecule has 1 heterocycles. The van der Waals surface area contributed by atoms with Gasteiger partial charge in [0.25, 0.3) is 0 Å². The van der Waals surface area contributed by atoms with Crippen LogP contribution < -0.4 is 5.32 Å². The number of piperazine rings is 1. The normalized spacial score (nSPS) is 15.8. The molecular formula is C12H14F2N2OS. The molecule has 0 aliphatic carbocycles. The van der Waals surface area contributed by atoms with Crippen molar-refractivity contribution in [2.45, 2.75) is 4.90 Å². The van der Waals surface area contributed by atoms with Gasteiger partial charge in [-0.3, -0.25) is 4.79 Å². The zero-order valence-corrected chi connectivity index (χ0v) is 10.6. The summed E-state index contributed by atoms with van der Waals surface area (Å²) in [4.78, 5) is 13.7. The van der Waals surface area contributed by atoms with Crippen LogP contribution in [0.1, 0.15) is 0 Å². The van der Waals surface area contributed by atoms with Crippen molar-refractivity contribution >= 4 is 17.7 Å². The number of amides is 1. The number of nitrogens with zero attached hydrogens (tertiary/aromatic N) is 1. The van der Waals surface area contributed by atoms with E-state index in [-0.39, 0.29) is 16.6 Å². The topological polar surface area (TPSA) is 32.3 Å². The van der Waals surface area contributed by atoms with Gasteiger partial charge >= 0.3 is 0 Å². The molecule has 0 spiro atoms. The highest BCUT2D eigenvalue weighted by atomic mass is 32.2. The van der Waals surface area contributed by atoms with Gasteiger partial charge in [-0.2, -0.15) is 0 Å². The molecule has 0 saturated carbocycles. The van der Waals surface area contributed by atoms with Gasteiger partial charge in [0.1, 0.15) is 11.6 Å². The van der Waals surface area contributed by atoms with Crippen molar-refractivity contribution in [3.63, 3.8) is 0 Å². The Morgan fingerprint density at radius 1 is 1.33 bits per heavy atom.